The Morgan fingerprint density at radius 2 is 1.67 bits per heavy atom. The summed E-state index contributed by atoms with van der Waals surface area (Å²) >= 11 is 0. The lowest BCUT2D eigenvalue weighted by atomic mass is 10.2. The van der Waals surface area contributed by atoms with Crippen molar-refractivity contribution in [1.82, 2.24) is 4.57 Å². The van der Waals surface area contributed by atoms with Crippen molar-refractivity contribution in [3.8, 4) is 22.9 Å². The molecule has 0 N–H and O–H groups in total. The lowest BCUT2D eigenvalue weighted by Crippen LogP contribution is -2.34. The van der Waals surface area contributed by atoms with Gasteiger partial charge in [0, 0.05) is 5.97 Å². The molecule has 27 heavy (non-hydrogen) atoms. The van der Waals surface area contributed by atoms with E-state index in [0.717, 1.165) is 55.8 Å². The topological polar surface area (TPSA) is 75.2 Å². The Hall–Kier alpha value is -2.76. The number of carboxylic acids is 1. The summed E-state index contributed by atoms with van der Waals surface area (Å²) in [5.74, 6) is 0.700. The van der Waals surface area contributed by atoms with Crippen LogP contribution in [0.4, 0.5) is 0 Å². The van der Waals surface area contributed by atoms with Crippen molar-refractivity contribution in [2.45, 2.75) is 59.5 Å². The quantitative estimate of drug-likeness (QED) is 0.566. The van der Waals surface area contributed by atoms with Gasteiger partial charge in [-0.25, -0.2) is 9.13 Å². The number of rotatable bonds is 8. The Morgan fingerprint density at radius 3 is 2.19 bits per heavy atom. The normalized spacial score (nSPS) is 10.5. The summed E-state index contributed by atoms with van der Waals surface area (Å²) in [5.41, 5.74) is 2.21. The number of carbonyl (C=O) groups is 1. The minimum absolute atomic E-state index is 0.891. The number of hydrogen-bond donors (Lipinski definition) is 0. The lowest BCUT2D eigenvalue weighted by Gasteiger charge is -2.01. The molecule has 0 atom stereocenters. The maximum Gasteiger partial charge on any atom is 0.244 e. The number of unbranched alkanes of at least 4 members (excludes halogenated alkanes) is 2. The molecule has 3 heterocycles. The van der Waals surface area contributed by atoms with Gasteiger partial charge in [0.25, 0.3) is 0 Å². The van der Waals surface area contributed by atoms with Gasteiger partial charge in [0.1, 0.15) is 0 Å². The van der Waals surface area contributed by atoms with Gasteiger partial charge in [-0.15, -0.1) is 0 Å². The van der Waals surface area contributed by atoms with Crippen LogP contribution in [-0.2, 0) is 17.9 Å². The minimum Gasteiger partial charge on any atom is -0.550 e. The Morgan fingerprint density at radius 1 is 1.07 bits per heavy atom. The smallest absolute Gasteiger partial charge is 0.244 e. The largest absolute Gasteiger partial charge is 0.550 e. The second-order valence-electron chi connectivity index (χ2n) is 6.35. The Balaban J connectivity index is 0.000000596. The van der Waals surface area contributed by atoms with Crippen LogP contribution >= 0.6 is 0 Å². The van der Waals surface area contributed by atoms with Crippen LogP contribution in [0.3, 0.4) is 0 Å². The highest BCUT2D eigenvalue weighted by molar-refractivity contribution is 5.70. The number of aromatic nitrogens is 2. The molecule has 3 aromatic heterocycles. The third-order valence-corrected chi connectivity index (χ3v) is 4.09. The molecule has 0 aromatic carbocycles. The molecule has 146 valence electrons. The van der Waals surface area contributed by atoms with Gasteiger partial charge in [-0.3, -0.25) is 0 Å². The first-order valence-corrected chi connectivity index (χ1v) is 9.46. The molecule has 0 spiro atoms. The zero-order valence-electron chi connectivity index (χ0n) is 16.3. The predicted molar refractivity (Wildman–Crippen MR) is 101 cm³/mol. The van der Waals surface area contributed by atoms with Gasteiger partial charge < -0.3 is 18.7 Å². The summed E-state index contributed by atoms with van der Waals surface area (Å²) in [4.78, 5) is 8.89. The summed E-state index contributed by atoms with van der Waals surface area (Å²) in [6.07, 6.45) is 10.3. The number of nitrogens with zero attached hydrogens (tertiary/aromatic N) is 2. The third kappa shape index (κ3) is 5.61. The molecule has 0 radical (unpaired) electrons. The van der Waals surface area contributed by atoms with Crippen molar-refractivity contribution < 1.29 is 23.3 Å². The Kier molecular flexibility index (Phi) is 7.92. The summed E-state index contributed by atoms with van der Waals surface area (Å²) in [6, 6.07) is 7.92. The molecule has 6 heteroatoms. The average Bonchev–Trinajstić information content (AvgIpc) is 3.37. The van der Waals surface area contributed by atoms with E-state index in [4.69, 9.17) is 18.7 Å². The van der Waals surface area contributed by atoms with Crippen LogP contribution < -0.4 is 9.67 Å². The fourth-order valence-corrected chi connectivity index (χ4v) is 2.89. The predicted octanol–water partition coefficient (Wildman–Crippen LogP) is 3.65. The molecule has 0 amide bonds. The van der Waals surface area contributed by atoms with E-state index in [2.05, 4.69) is 29.3 Å². The van der Waals surface area contributed by atoms with E-state index >= 15 is 0 Å². The highest BCUT2D eigenvalue weighted by Crippen LogP contribution is 2.31. The molecular formula is C21H28N2O4. The van der Waals surface area contributed by atoms with Crippen LogP contribution in [-0.4, -0.2) is 10.5 Å². The first-order chi connectivity index (χ1) is 13.1. The summed E-state index contributed by atoms with van der Waals surface area (Å²) < 4.78 is 16.0. The van der Waals surface area contributed by atoms with Crippen LogP contribution in [0, 0.1) is 0 Å². The van der Waals surface area contributed by atoms with E-state index in [1.807, 2.05) is 24.3 Å². The molecule has 0 bridgehead atoms. The number of hydrogen-bond acceptors (Lipinski definition) is 4. The van der Waals surface area contributed by atoms with Crippen LogP contribution in [0.15, 0.2) is 52.0 Å². The number of aliphatic carboxylic acids is 1. The van der Waals surface area contributed by atoms with Gasteiger partial charge in [0.05, 0.1) is 25.6 Å². The fourth-order valence-electron chi connectivity index (χ4n) is 2.89. The molecule has 0 fully saturated rings. The zero-order valence-corrected chi connectivity index (χ0v) is 16.3. The van der Waals surface area contributed by atoms with E-state index in [9.17, 15) is 0 Å². The van der Waals surface area contributed by atoms with Crippen LogP contribution in [0.1, 0.15) is 46.5 Å². The monoisotopic (exact) mass is 372 g/mol. The zero-order chi connectivity index (χ0) is 19.6. The minimum atomic E-state index is -1.08. The maximum atomic E-state index is 8.89. The second-order valence-corrected chi connectivity index (χ2v) is 6.35. The van der Waals surface area contributed by atoms with Gasteiger partial charge in [0.15, 0.2) is 11.5 Å². The van der Waals surface area contributed by atoms with Crippen LogP contribution in [0.25, 0.3) is 22.9 Å². The number of aryl methyl sites for hydroxylation is 2. The standard InChI is InChI=1S/C19H25N2O2.C2H4O2/c1-3-5-11-20-15-21(12-6-4-2)19(17-10-8-14-23-17)18(20)16-9-7-13-22-16;1-2(3)4/h7-10,13-15H,3-6,11-12H2,1-2H3;1H3,(H,3,4)/q+1;/p-1. The Bertz CT molecular complexity index is 737. The van der Waals surface area contributed by atoms with Crippen molar-refractivity contribution in [3.05, 3.63) is 43.1 Å². The van der Waals surface area contributed by atoms with E-state index < -0.39 is 5.97 Å². The summed E-state index contributed by atoms with van der Waals surface area (Å²) in [6.45, 7) is 7.38. The molecule has 0 unspecified atom stereocenters. The average molecular weight is 372 g/mol. The molecular weight excluding hydrogens is 344 g/mol. The van der Waals surface area contributed by atoms with Gasteiger partial charge >= 0.3 is 0 Å². The third-order valence-electron chi connectivity index (χ3n) is 4.09. The van der Waals surface area contributed by atoms with Gasteiger partial charge in [0.2, 0.25) is 17.7 Å². The summed E-state index contributed by atoms with van der Waals surface area (Å²) in [7, 11) is 0. The SMILES string of the molecule is CC(=O)[O-].CCCCn1c[n+](CCCC)c(-c2ccco2)c1-c1ccco1. The molecule has 0 aliphatic rings. The second kappa shape index (κ2) is 10.4. The fraction of sp³-hybridized carbons (Fsp3) is 0.429. The van der Waals surface area contributed by atoms with Gasteiger partial charge in [-0.2, -0.15) is 0 Å². The highest BCUT2D eigenvalue weighted by atomic mass is 16.4. The number of carbonyl (C=O) groups excluding carboxylic acids is 1. The van der Waals surface area contributed by atoms with Crippen LogP contribution in [0.5, 0.6) is 0 Å². The van der Waals surface area contributed by atoms with Crippen molar-refractivity contribution in [3.63, 3.8) is 0 Å². The maximum absolute atomic E-state index is 8.89. The van der Waals surface area contributed by atoms with E-state index in [1.165, 1.54) is 12.8 Å². The van der Waals surface area contributed by atoms with Crippen molar-refractivity contribution in [1.29, 1.82) is 0 Å². The Labute approximate surface area is 160 Å². The highest BCUT2D eigenvalue weighted by Gasteiger charge is 2.29. The van der Waals surface area contributed by atoms with E-state index in [-0.39, 0.29) is 0 Å². The number of carboxylic acid groups (broad SMARTS) is 1. The molecule has 0 aliphatic carbocycles. The van der Waals surface area contributed by atoms with Crippen molar-refractivity contribution in [2.75, 3.05) is 0 Å². The molecule has 6 nitrogen and oxygen atoms in total. The van der Waals surface area contributed by atoms with Gasteiger partial charge in [-0.1, -0.05) is 26.7 Å². The van der Waals surface area contributed by atoms with Crippen molar-refractivity contribution >= 4 is 5.97 Å². The molecule has 0 saturated carbocycles. The number of imidazole rings is 1. The van der Waals surface area contributed by atoms with Crippen molar-refractivity contribution in [2.24, 2.45) is 0 Å². The summed E-state index contributed by atoms with van der Waals surface area (Å²) in [5, 5.41) is 8.89. The van der Waals surface area contributed by atoms with Gasteiger partial charge in [-0.05, 0) is 44.0 Å². The molecule has 3 aromatic rings. The first-order valence-electron chi connectivity index (χ1n) is 9.46. The first kappa shape index (κ1) is 20.6. The van der Waals surface area contributed by atoms with Crippen LogP contribution in [0.2, 0.25) is 0 Å². The number of furan rings is 2. The molecule has 0 saturated heterocycles. The van der Waals surface area contributed by atoms with E-state index in [0.29, 0.717) is 0 Å². The lowest BCUT2D eigenvalue weighted by molar-refractivity contribution is -0.686. The molecule has 0 aliphatic heterocycles. The van der Waals surface area contributed by atoms with E-state index in [1.54, 1.807) is 12.5 Å². The molecule has 3 rings (SSSR count).